The number of hydrogen-bond acceptors (Lipinski definition) is 4. The predicted octanol–water partition coefficient (Wildman–Crippen LogP) is 4.00. The van der Waals surface area contributed by atoms with Gasteiger partial charge in [-0.25, -0.2) is 9.67 Å². The Morgan fingerprint density at radius 3 is 2.76 bits per heavy atom. The minimum Gasteiger partial charge on any atom is -0.321 e. The summed E-state index contributed by atoms with van der Waals surface area (Å²) >= 11 is 1.44. The lowest BCUT2D eigenvalue weighted by molar-refractivity contribution is -0.137. The molecule has 2 heterocycles. The van der Waals surface area contributed by atoms with Crippen LogP contribution in [0.3, 0.4) is 0 Å². The molecule has 5 nitrogen and oxygen atoms in total. The van der Waals surface area contributed by atoms with E-state index >= 15 is 0 Å². The average molecular weight is 364 g/mol. The maximum absolute atomic E-state index is 13.0. The number of alkyl halides is 3. The quantitative estimate of drug-likeness (QED) is 0.712. The molecule has 0 spiro atoms. The summed E-state index contributed by atoms with van der Waals surface area (Å²) in [5, 5.41) is 8.21. The van der Waals surface area contributed by atoms with Gasteiger partial charge in [-0.15, -0.1) is 11.3 Å². The third-order valence-corrected chi connectivity index (χ3v) is 4.03. The fourth-order valence-corrected chi connectivity index (χ4v) is 2.68. The first-order chi connectivity index (χ1) is 11.9. The lowest BCUT2D eigenvalue weighted by Gasteiger charge is -2.13. The molecular weight excluding hydrogens is 353 g/mol. The van der Waals surface area contributed by atoms with Crippen molar-refractivity contribution in [1.29, 1.82) is 0 Å². The number of thiophene rings is 1. The molecule has 0 radical (unpaired) electrons. The Morgan fingerprint density at radius 2 is 2.12 bits per heavy atom. The average Bonchev–Trinajstić information content (AvgIpc) is 3.26. The van der Waals surface area contributed by atoms with Crippen molar-refractivity contribution in [3.05, 3.63) is 64.9 Å². The molecule has 9 heteroatoms. The monoisotopic (exact) mass is 364 g/mol. The first-order valence-electron chi connectivity index (χ1n) is 7.02. The number of aromatic nitrogens is 3. The molecule has 128 valence electrons. The van der Waals surface area contributed by atoms with Gasteiger partial charge in [-0.3, -0.25) is 4.79 Å². The Kier molecular flexibility index (Phi) is 4.66. The number of benzene rings is 1. The molecule has 1 N–H and O–H groups in total. The van der Waals surface area contributed by atoms with Gasteiger partial charge >= 0.3 is 6.18 Å². The van der Waals surface area contributed by atoms with E-state index in [0.717, 1.165) is 17.0 Å². The topological polar surface area (TPSA) is 59.8 Å². The molecule has 0 aliphatic carbocycles. The summed E-state index contributed by atoms with van der Waals surface area (Å²) in [6.07, 6.45) is 0.910. The Morgan fingerprint density at radius 1 is 1.28 bits per heavy atom. The van der Waals surface area contributed by atoms with E-state index in [0.29, 0.717) is 0 Å². The number of rotatable bonds is 4. The lowest BCUT2D eigenvalue weighted by Crippen LogP contribution is -2.13. The van der Waals surface area contributed by atoms with Gasteiger partial charge in [-0.05, 0) is 35.7 Å². The summed E-state index contributed by atoms with van der Waals surface area (Å²) in [6.45, 7) is 0. The fourth-order valence-electron chi connectivity index (χ4n) is 2.06. The SMILES string of the molecule is O=C(/C=C/c1cccs1)Nc1cc(C(F)(F)F)ccc1-n1cncn1. The second-order valence-corrected chi connectivity index (χ2v) is 5.89. The highest BCUT2D eigenvalue weighted by Crippen LogP contribution is 2.33. The molecular formula is C16H11F3N4OS. The number of carbonyl (C=O) groups excluding carboxylic acids is 1. The summed E-state index contributed by atoms with van der Waals surface area (Å²) < 4.78 is 40.1. The Balaban J connectivity index is 1.90. The van der Waals surface area contributed by atoms with E-state index in [1.165, 1.54) is 40.8 Å². The van der Waals surface area contributed by atoms with Crippen molar-refractivity contribution in [1.82, 2.24) is 14.8 Å². The van der Waals surface area contributed by atoms with Crippen LogP contribution >= 0.6 is 11.3 Å². The van der Waals surface area contributed by atoms with Crippen molar-refractivity contribution < 1.29 is 18.0 Å². The van der Waals surface area contributed by atoms with Gasteiger partial charge in [0.2, 0.25) is 5.91 Å². The van der Waals surface area contributed by atoms with Gasteiger partial charge in [0.15, 0.2) is 0 Å². The first-order valence-corrected chi connectivity index (χ1v) is 7.90. The fraction of sp³-hybridized carbons (Fsp3) is 0.0625. The summed E-state index contributed by atoms with van der Waals surface area (Å²) in [5.41, 5.74) is -0.599. The number of halogens is 3. The summed E-state index contributed by atoms with van der Waals surface area (Å²) in [7, 11) is 0. The molecule has 1 amide bonds. The summed E-state index contributed by atoms with van der Waals surface area (Å²) in [4.78, 5) is 16.7. The maximum atomic E-state index is 13.0. The van der Waals surface area contributed by atoms with Crippen LogP contribution < -0.4 is 5.32 Å². The summed E-state index contributed by atoms with van der Waals surface area (Å²) in [5.74, 6) is -0.547. The van der Waals surface area contributed by atoms with Crippen LogP contribution in [0.15, 0.2) is 54.4 Å². The normalized spacial score (nSPS) is 11.8. The van der Waals surface area contributed by atoms with E-state index in [1.54, 1.807) is 6.08 Å². The van der Waals surface area contributed by atoms with Crippen LogP contribution in [0.5, 0.6) is 0 Å². The van der Waals surface area contributed by atoms with E-state index in [9.17, 15) is 18.0 Å². The predicted molar refractivity (Wildman–Crippen MR) is 88.3 cm³/mol. The van der Waals surface area contributed by atoms with Crippen LogP contribution in [0.25, 0.3) is 11.8 Å². The minimum absolute atomic E-state index is 0.0128. The number of carbonyl (C=O) groups is 1. The van der Waals surface area contributed by atoms with Crippen molar-refractivity contribution >= 4 is 29.0 Å². The molecule has 2 aromatic heterocycles. The molecule has 0 aliphatic rings. The second-order valence-electron chi connectivity index (χ2n) is 4.91. The molecule has 3 rings (SSSR count). The third kappa shape index (κ3) is 4.13. The van der Waals surface area contributed by atoms with Gasteiger partial charge in [0, 0.05) is 11.0 Å². The van der Waals surface area contributed by atoms with E-state index < -0.39 is 17.6 Å². The van der Waals surface area contributed by atoms with Crippen LogP contribution in [0, 0.1) is 0 Å². The largest absolute Gasteiger partial charge is 0.416 e. The standard InChI is InChI=1S/C16H11F3N4OS/c17-16(18,19)11-3-5-14(23-10-20-9-21-23)13(8-11)22-15(24)6-4-12-2-1-7-25-12/h1-10H,(H,22,24)/b6-4+. The number of amides is 1. The Bertz CT molecular complexity index is 887. The Labute approximate surface area is 144 Å². The van der Waals surface area contributed by atoms with E-state index in [1.807, 2.05) is 17.5 Å². The van der Waals surface area contributed by atoms with Crippen LogP contribution in [-0.2, 0) is 11.0 Å². The van der Waals surface area contributed by atoms with Gasteiger partial charge in [-0.2, -0.15) is 18.3 Å². The number of nitrogens with one attached hydrogen (secondary N) is 1. The first kappa shape index (κ1) is 16.9. The third-order valence-electron chi connectivity index (χ3n) is 3.19. The van der Waals surface area contributed by atoms with Crippen molar-refractivity contribution in [3.63, 3.8) is 0 Å². The highest BCUT2D eigenvalue weighted by molar-refractivity contribution is 7.10. The van der Waals surface area contributed by atoms with Crippen molar-refractivity contribution in [3.8, 4) is 5.69 Å². The molecule has 0 bridgehead atoms. The van der Waals surface area contributed by atoms with Crippen molar-refractivity contribution in [2.24, 2.45) is 0 Å². The molecule has 1 aromatic carbocycles. The van der Waals surface area contributed by atoms with Crippen LogP contribution in [0.1, 0.15) is 10.4 Å². The minimum atomic E-state index is -4.52. The lowest BCUT2D eigenvalue weighted by atomic mass is 10.1. The zero-order chi connectivity index (χ0) is 17.9. The van der Waals surface area contributed by atoms with Gasteiger partial charge in [0.1, 0.15) is 12.7 Å². The zero-order valence-electron chi connectivity index (χ0n) is 12.6. The van der Waals surface area contributed by atoms with Crippen LogP contribution in [0.2, 0.25) is 0 Å². The molecule has 0 fully saturated rings. The number of nitrogens with zero attached hydrogens (tertiary/aromatic N) is 3. The van der Waals surface area contributed by atoms with Gasteiger partial charge < -0.3 is 5.32 Å². The molecule has 0 unspecified atom stereocenters. The van der Waals surface area contributed by atoms with E-state index in [2.05, 4.69) is 15.4 Å². The summed E-state index contributed by atoms with van der Waals surface area (Å²) in [6, 6.07) is 6.68. The number of hydrogen-bond donors (Lipinski definition) is 1. The van der Waals surface area contributed by atoms with Crippen LogP contribution in [-0.4, -0.2) is 20.7 Å². The van der Waals surface area contributed by atoms with Gasteiger partial charge in [0.25, 0.3) is 0 Å². The van der Waals surface area contributed by atoms with Gasteiger partial charge in [0.05, 0.1) is 16.9 Å². The maximum Gasteiger partial charge on any atom is 0.416 e. The van der Waals surface area contributed by atoms with Crippen LogP contribution in [0.4, 0.5) is 18.9 Å². The second kappa shape index (κ2) is 6.89. The Hall–Kier alpha value is -2.94. The molecule has 25 heavy (non-hydrogen) atoms. The van der Waals surface area contributed by atoms with E-state index in [4.69, 9.17) is 0 Å². The molecule has 0 atom stereocenters. The zero-order valence-corrected chi connectivity index (χ0v) is 13.4. The molecule has 0 aliphatic heterocycles. The highest BCUT2D eigenvalue weighted by Gasteiger charge is 2.31. The van der Waals surface area contributed by atoms with Gasteiger partial charge in [-0.1, -0.05) is 6.07 Å². The van der Waals surface area contributed by atoms with Crippen molar-refractivity contribution in [2.45, 2.75) is 6.18 Å². The molecule has 3 aromatic rings. The highest BCUT2D eigenvalue weighted by atomic mass is 32.1. The van der Waals surface area contributed by atoms with E-state index in [-0.39, 0.29) is 11.4 Å². The molecule has 0 saturated carbocycles. The van der Waals surface area contributed by atoms with Crippen molar-refractivity contribution in [2.75, 3.05) is 5.32 Å². The molecule has 0 saturated heterocycles. The number of anilines is 1. The smallest absolute Gasteiger partial charge is 0.321 e.